The highest BCUT2D eigenvalue weighted by atomic mass is 16.3. The number of rotatable bonds is 2. The number of hydrogen-bond donors (Lipinski definition) is 5. The van der Waals surface area contributed by atoms with Crippen LogP contribution in [0.15, 0.2) is 0 Å². The van der Waals surface area contributed by atoms with Crippen LogP contribution in [0, 0.1) is 0 Å². The van der Waals surface area contributed by atoms with Gasteiger partial charge >= 0.3 is 0 Å². The highest BCUT2D eigenvalue weighted by molar-refractivity contribution is 4.98. The van der Waals surface area contributed by atoms with Gasteiger partial charge in [-0.2, -0.15) is 0 Å². The molecule has 0 aromatic rings. The molecule has 0 amide bonds. The minimum absolute atomic E-state index is 0.186. The molecule has 66 valence electrons. The second kappa shape index (κ2) is 3.46. The van der Waals surface area contributed by atoms with Crippen molar-refractivity contribution in [2.75, 3.05) is 13.2 Å². The van der Waals surface area contributed by atoms with E-state index < -0.39 is 18.2 Å². The fourth-order valence-corrected chi connectivity index (χ4v) is 1.32. The van der Waals surface area contributed by atoms with Crippen LogP contribution in [0.4, 0.5) is 0 Å². The van der Waals surface area contributed by atoms with Gasteiger partial charge in [0.05, 0.1) is 24.9 Å². The Balaban J connectivity index is 2.53. The molecule has 0 aromatic carbocycles. The van der Waals surface area contributed by atoms with Crippen molar-refractivity contribution in [2.45, 2.75) is 24.3 Å². The average Bonchev–Trinajstić information content (AvgIpc) is 2.30. The molecule has 1 heterocycles. The van der Waals surface area contributed by atoms with Crippen molar-refractivity contribution in [3.63, 3.8) is 0 Å². The first-order valence-corrected chi connectivity index (χ1v) is 3.63. The zero-order valence-electron chi connectivity index (χ0n) is 6.14. The molecule has 0 radical (unpaired) electrons. The van der Waals surface area contributed by atoms with Crippen molar-refractivity contribution in [1.29, 1.82) is 0 Å². The summed E-state index contributed by atoms with van der Waals surface area (Å²) < 4.78 is 0. The lowest BCUT2D eigenvalue weighted by Gasteiger charge is -2.12. The van der Waals surface area contributed by atoms with Crippen LogP contribution in [0.25, 0.3) is 0 Å². The Labute approximate surface area is 64.8 Å². The monoisotopic (exact) mass is 162 g/mol. The van der Waals surface area contributed by atoms with Gasteiger partial charge in [-0.15, -0.1) is 0 Å². The van der Waals surface area contributed by atoms with Crippen LogP contribution in [0.2, 0.25) is 0 Å². The number of nitrogens with two attached hydrogens (primary N) is 1. The van der Waals surface area contributed by atoms with Crippen LogP contribution in [0.1, 0.15) is 0 Å². The normalized spacial score (nSPS) is 44.7. The third kappa shape index (κ3) is 1.52. The van der Waals surface area contributed by atoms with Crippen molar-refractivity contribution in [1.82, 2.24) is 5.32 Å². The van der Waals surface area contributed by atoms with Crippen molar-refractivity contribution in [2.24, 2.45) is 5.73 Å². The van der Waals surface area contributed by atoms with Gasteiger partial charge in [0.1, 0.15) is 0 Å². The van der Waals surface area contributed by atoms with Crippen LogP contribution < -0.4 is 11.1 Å². The summed E-state index contributed by atoms with van der Waals surface area (Å²) in [5, 5.41) is 30.0. The van der Waals surface area contributed by atoms with E-state index >= 15 is 0 Å². The molecule has 11 heavy (non-hydrogen) atoms. The van der Waals surface area contributed by atoms with Crippen LogP contribution in [-0.4, -0.2) is 52.8 Å². The van der Waals surface area contributed by atoms with E-state index in [-0.39, 0.29) is 19.2 Å². The molecule has 1 aliphatic rings. The topological polar surface area (TPSA) is 98.7 Å². The second-order valence-corrected chi connectivity index (χ2v) is 2.78. The van der Waals surface area contributed by atoms with Gasteiger partial charge in [-0.1, -0.05) is 0 Å². The maximum atomic E-state index is 9.26. The lowest BCUT2D eigenvalue weighted by atomic mass is 10.1. The standard InChI is InChI=1S/C6H14N2O3/c7-1-3-5(10)6(11)4(2-9)8-3/h3-6,8-11H,1-2,7H2/t3-,4-,5-,6-/m0/s1. The predicted molar refractivity (Wildman–Crippen MR) is 38.9 cm³/mol. The summed E-state index contributed by atoms with van der Waals surface area (Å²) in [5.41, 5.74) is 5.29. The lowest BCUT2D eigenvalue weighted by molar-refractivity contribution is 0.0205. The molecular formula is C6H14N2O3. The maximum absolute atomic E-state index is 9.26. The van der Waals surface area contributed by atoms with E-state index in [1.54, 1.807) is 0 Å². The zero-order valence-corrected chi connectivity index (χ0v) is 6.14. The second-order valence-electron chi connectivity index (χ2n) is 2.78. The lowest BCUT2D eigenvalue weighted by Crippen LogP contribution is -2.40. The Morgan fingerprint density at radius 3 is 2.00 bits per heavy atom. The molecule has 5 heteroatoms. The summed E-state index contributed by atoms with van der Waals surface area (Å²) in [7, 11) is 0. The number of aliphatic hydroxyl groups is 3. The van der Waals surface area contributed by atoms with E-state index in [0.717, 1.165) is 0 Å². The number of nitrogens with one attached hydrogen (secondary N) is 1. The van der Waals surface area contributed by atoms with E-state index in [2.05, 4.69) is 5.32 Å². The minimum atomic E-state index is -0.909. The summed E-state index contributed by atoms with van der Waals surface area (Å²) in [4.78, 5) is 0. The quantitative estimate of drug-likeness (QED) is 0.298. The molecule has 4 atom stereocenters. The number of aliphatic hydroxyl groups excluding tert-OH is 3. The first kappa shape index (κ1) is 8.89. The van der Waals surface area contributed by atoms with Crippen molar-refractivity contribution in [3.05, 3.63) is 0 Å². The third-order valence-corrected chi connectivity index (χ3v) is 2.05. The predicted octanol–water partition coefficient (Wildman–Crippen LogP) is -3.00. The van der Waals surface area contributed by atoms with Gasteiger partial charge < -0.3 is 26.4 Å². The van der Waals surface area contributed by atoms with E-state index in [1.807, 2.05) is 0 Å². The van der Waals surface area contributed by atoms with Crippen LogP contribution >= 0.6 is 0 Å². The van der Waals surface area contributed by atoms with E-state index in [9.17, 15) is 10.2 Å². The third-order valence-electron chi connectivity index (χ3n) is 2.05. The molecule has 0 unspecified atom stereocenters. The fraction of sp³-hybridized carbons (Fsp3) is 1.00. The molecule has 1 rings (SSSR count). The van der Waals surface area contributed by atoms with Crippen molar-refractivity contribution >= 4 is 0 Å². The summed E-state index contributed by atoms with van der Waals surface area (Å²) in [5.74, 6) is 0. The van der Waals surface area contributed by atoms with Crippen molar-refractivity contribution < 1.29 is 15.3 Å². The molecule has 0 bridgehead atoms. The van der Waals surface area contributed by atoms with Gasteiger partial charge in [0.15, 0.2) is 0 Å². The molecule has 1 aliphatic heterocycles. The largest absolute Gasteiger partial charge is 0.395 e. The Hall–Kier alpha value is -0.200. The van der Waals surface area contributed by atoms with Crippen LogP contribution in [0.5, 0.6) is 0 Å². The van der Waals surface area contributed by atoms with Gasteiger partial charge in [-0.05, 0) is 0 Å². The van der Waals surface area contributed by atoms with Gasteiger partial charge in [-0.25, -0.2) is 0 Å². The minimum Gasteiger partial charge on any atom is -0.395 e. The molecular weight excluding hydrogens is 148 g/mol. The summed E-state index contributed by atoms with van der Waals surface area (Å²) in [6.07, 6.45) is -1.77. The van der Waals surface area contributed by atoms with E-state index in [0.29, 0.717) is 0 Å². The summed E-state index contributed by atoms with van der Waals surface area (Å²) >= 11 is 0. The first-order chi connectivity index (χ1) is 5.20. The molecule has 1 fully saturated rings. The van der Waals surface area contributed by atoms with E-state index in [4.69, 9.17) is 10.8 Å². The Morgan fingerprint density at radius 2 is 1.73 bits per heavy atom. The highest BCUT2D eigenvalue weighted by Crippen LogP contribution is 2.12. The van der Waals surface area contributed by atoms with E-state index in [1.165, 1.54) is 0 Å². The Kier molecular flexibility index (Phi) is 2.80. The molecule has 0 aliphatic carbocycles. The molecule has 1 saturated heterocycles. The van der Waals surface area contributed by atoms with Gasteiger partial charge in [-0.3, -0.25) is 0 Å². The molecule has 0 aromatic heterocycles. The van der Waals surface area contributed by atoms with Gasteiger partial charge in [0.2, 0.25) is 0 Å². The van der Waals surface area contributed by atoms with Crippen LogP contribution in [0.3, 0.4) is 0 Å². The fourth-order valence-electron chi connectivity index (χ4n) is 1.32. The number of hydrogen-bond acceptors (Lipinski definition) is 5. The van der Waals surface area contributed by atoms with Crippen LogP contribution in [-0.2, 0) is 0 Å². The Morgan fingerprint density at radius 1 is 1.18 bits per heavy atom. The average molecular weight is 162 g/mol. The summed E-state index contributed by atoms with van der Waals surface area (Å²) in [6.45, 7) is 0.0729. The maximum Gasteiger partial charge on any atom is 0.0989 e. The molecule has 0 spiro atoms. The first-order valence-electron chi connectivity index (χ1n) is 3.63. The summed E-state index contributed by atoms with van der Waals surface area (Å²) in [6, 6.07) is -0.749. The molecule has 6 N–H and O–H groups in total. The Bertz CT molecular complexity index is 115. The molecule has 0 saturated carbocycles. The SMILES string of the molecule is NC[C@@H]1N[C@@H](CO)[C@H](O)[C@H]1O. The highest BCUT2D eigenvalue weighted by Gasteiger charge is 2.39. The van der Waals surface area contributed by atoms with Gasteiger partial charge in [0.25, 0.3) is 0 Å². The zero-order chi connectivity index (χ0) is 8.43. The molecule has 5 nitrogen and oxygen atoms in total. The van der Waals surface area contributed by atoms with Gasteiger partial charge in [0, 0.05) is 12.6 Å². The smallest absolute Gasteiger partial charge is 0.0989 e. The van der Waals surface area contributed by atoms with Crippen molar-refractivity contribution in [3.8, 4) is 0 Å².